The molecule has 2 aromatic rings. The molecular formula is C13H8N3O3+. The van der Waals surface area contributed by atoms with Gasteiger partial charge in [0.2, 0.25) is 5.39 Å². The minimum Gasteiger partial charge on any atom is -0.289 e. The Morgan fingerprint density at radius 2 is 1.79 bits per heavy atom. The van der Waals surface area contributed by atoms with Crippen LogP contribution in [0.5, 0.6) is 0 Å². The molecule has 0 aliphatic carbocycles. The van der Waals surface area contributed by atoms with Crippen molar-refractivity contribution < 1.29 is 9.72 Å². The van der Waals surface area contributed by atoms with E-state index in [-0.39, 0.29) is 22.7 Å². The van der Waals surface area contributed by atoms with Gasteiger partial charge in [-0.1, -0.05) is 30.3 Å². The maximum absolute atomic E-state index is 12.1. The van der Waals surface area contributed by atoms with Crippen LogP contribution in [0.25, 0.3) is 4.98 Å². The highest BCUT2D eigenvalue weighted by Crippen LogP contribution is 2.29. The van der Waals surface area contributed by atoms with Crippen LogP contribution >= 0.6 is 0 Å². The number of benzene rings is 2. The Morgan fingerprint density at radius 3 is 2.37 bits per heavy atom. The number of ketones is 1. The average molecular weight is 254 g/mol. The van der Waals surface area contributed by atoms with Gasteiger partial charge in [0.1, 0.15) is 0 Å². The number of rotatable bonds is 3. The van der Waals surface area contributed by atoms with E-state index in [0.29, 0.717) is 5.56 Å². The summed E-state index contributed by atoms with van der Waals surface area (Å²) in [6, 6.07) is 12.2. The van der Waals surface area contributed by atoms with Crippen LogP contribution < -0.4 is 0 Å². The largest absolute Gasteiger partial charge is 0.461 e. The summed E-state index contributed by atoms with van der Waals surface area (Å²) in [5.41, 5.74) is 0.0868. The van der Waals surface area contributed by atoms with Crippen molar-refractivity contribution in [2.24, 2.45) is 0 Å². The van der Waals surface area contributed by atoms with E-state index in [1.165, 1.54) is 12.1 Å². The van der Waals surface area contributed by atoms with Crippen LogP contribution in [-0.2, 0) is 0 Å². The topological polar surface area (TPSA) is 88.4 Å². The smallest absolute Gasteiger partial charge is 0.289 e. The van der Waals surface area contributed by atoms with Crippen LogP contribution in [0.3, 0.4) is 0 Å². The molecule has 0 aromatic heterocycles. The van der Waals surface area contributed by atoms with Crippen LogP contribution in [-0.4, -0.2) is 10.7 Å². The summed E-state index contributed by atoms with van der Waals surface area (Å²) >= 11 is 0. The predicted molar refractivity (Wildman–Crippen MR) is 67.7 cm³/mol. The Labute approximate surface area is 108 Å². The molecule has 6 heteroatoms. The minimum absolute atomic E-state index is 0.226. The summed E-state index contributed by atoms with van der Waals surface area (Å²) in [6.07, 6.45) is 0. The van der Waals surface area contributed by atoms with E-state index < -0.39 is 4.92 Å². The molecule has 19 heavy (non-hydrogen) atoms. The fourth-order valence-corrected chi connectivity index (χ4v) is 1.66. The van der Waals surface area contributed by atoms with E-state index in [9.17, 15) is 14.9 Å². The van der Waals surface area contributed by atoms with Crippen molar-refractivity contribution in [3.05, 3.63) is 74.7 Å². The Hall–Kier alpha value is -3.07. The number of nitro groups is 1. The second-order valence-corrected chi connectivity index (χ2v) is 3.76. The molecule has 0 amide bonds. The molecule has 0 aliphatic rings. The van der Waals surface area contributed by atoms with Crippen molar-refractivity contribution in [2.75, 3.05) is 0 Å². The lowest BCUT2D eigenvalue weighted by Gasteiger charge is -1.99. The Morgan fingerprint density at radius 1 is 1.11 bits per heavy atom. The van der Waals surface area contributed by atoms with Crippen LogP contribution in [0.15, 0.2) is 48.5 Å². The zero-order valence-electron chi connectivity index (χ0n) is 9.69. The highest BCUT2D eigenvalue weighted by atomic mass is 16.6. The fourth-order valence-electron chi connectivity index (χ4n) is 1.66. The molecule has 92 valence electrons. The summed E-state index contributed by atoms with van der Waals surface area (Å²) in [7, 11) is 0. The maximum Gasteiger partial charge on any atom is 0.461 e. The Kier molecular flexibility index (Phi) is 3.30. The predicted octanol–water partition coefficient (Wildman–Crippen LogP) is 3.31. The normalized spacial score (nSPS) is 9.63. The molecule has 2 aromatic carbocycles. The van der Waals surface area contributed by atoms with E-state index in [1.54, 1.807) is 30.3 Å². The summed E-state index contributed by atoms with van der Waals surface area (Å²) in [6.45, 7) is 0. The van der Waals surface area contributed by atoms with Gasteiger partial charge >= 0.3 is 11.4 Å². The molecule has 0 N–H and O–H groups in total. The van der Waals surface area contributed by atoms with Crippen molar-refractivity contribution in [2.45, 2.75) is 0 Å². The summed E-state index contributed by atoms with van der Waals surface area (Å²) in [4.78, 5) is 24.9. The first-order valence-corrected chi connectivity index (χ1v) is 5.37. The molecule has 0 atom stereocenters. The maximum atomic E-state index is 12.1. The van der Waals surface area contributed by atoms with Crippen molar-refractivity contribution in [3.63, 3.8) is 0 Å². The van der Waals surface area contributed by atoms with Gasteiger partial charge < -0.3 is 0 Å². The van der Waals surface area contributed by atoms with E-state index >= 15 is 0 Å². The molecule has 0 aliphatic heterocycles. The molecule has 0 spiro atoms. The number of carbonyl (C=O) groups excluding carboxylic acids is 1. The summed E-state index contributed by atoms with van der Waals surface area (Å²) in [5.74, 6) is -0.291. The first-order valence-electron chi connectivity index (χ1n) is 5.37. The van der Waals surface area contributed by atoms with Crippen LogP contribution in [0.1, 0.15) is 15.9 Å². The Bertz CT molecular complexity index is 690. The zero-order valence-corrected chi connectivity index (χ0v) is 9.69. The monoisotopic (exact) mass is 254 g/mol. The van der Waals surface area contributed by atoms with Gasteiger partial charge in [0.05, 0.1) is 11.0 Å². The number of hydrogen-bond donors (Lipinski definition) is 0. The van der Waals surface area contributed by atoms with Gasteiger partial charge in [-0.2, -0.15) is 0 Å². The van der Waals surface area contributed by atoms with Crippen molar-refractivity contribution >= 4 is 17.2 Å². The molecular weight excluding hydrogens is 246 g/mol. The lowest BCUT2D eigenvalue weighted by molar-refractivity contribution is -0.383. The molecule has 0 radical (unpaired) electrons. The number of nitrogens with zero attached hydrogens (tertiary/aromatic N) is 3. The van der Waals surface area contributed by atoms with Crippen molar-refractivity contribution in [1.82, 2.24) is 0 Å². The van der Waals surface area contributed by atoms with Gasteiger partial charge in [-0.05, 0) is 6.07 Å². The van der Waals surface area contributed by atoms with Crippen LogP contribution in [0, 0.1) is 15.5 Å². The lowest BCUT2D eigenvalue weighted by Crippen LogP contribution is -2.01. The van der Waals surface area contributed by atoms with Crippen molar-refractivity contribution in [3.8, 4) is 0 Å². The molecule has 0 bridgehead atoms. The first kappa shape index (κ1) is 12.4. The molecule has 2 rings (SSSR count). The van der Waals surface area contributed by atoms with E-state index in [0.717, 1.165) is 6.07 Å². The second-order valence-electron chi connectivity index (χ2n) is 3.76. The highest BCUT2D eigenvalue weighted by molar-refractivity contribution is 6.09. The standard InChI is InChI=1S/C13H8N3O3/c14-15-11-8-10(6-7-12(11)16(18)19)13(17)9-4-2-1-3-5-9/h1-8H/q+1. The van der Waals surface area contributed by atoms with E-state index in [1.807, 2.05) is 0 Å². The van der Waals surface area contributed by atoms with Gasteiger partial charge in [-0.3, -0.25) is 14.9 Å². The molecule has 0 saturated carbocycles. The number of carbonyl (C=O) groups is 1. The van der Waals surface area contributed by atoms with Gasteiger partial charge in [-0.25, -0.2) is 0 Å². The molecule has 0 heterocycles. The third-order valence-electron chi connectivity index (χ3n) is 2.58. The number of diazo groups is 1. The molecule has 0 unspecified atom stereocenters. The van der Waals surface area contributed by atoms with E-state index in [2.05, 4.69) is 4.98 Å². The number of nitro benzene ring substituents is 1. The van der Waals surface area contributed by atoms with Crippen LogP contribution in [0.4, 0.5) is 11.4 Å². The van der Waals surface area contributed by atoms with Gasteiger partial charge in [0.25, 0.3) is 0 Å². The highest BCUT2D eigenvalue weighted by Gasteiger charge is 2.26. The molecule has 0 saturated heterocycles. The zero-order chi connectivity index (χ0) is 13.8. The van der Waals surface area contributed by atoms with E-state index in [4.69, 9.17) is 5.39 Å². The molecule has 6 nitrogen and oxygen atoms in total. The second kappa shape index (κ2) is 5.06. The summed E-state index contributed by atoms with van der Waals surface area (Å²) < 4.78 is 0. The fraction of sp³-hybridized carbons (Fsp3) is 0. The SMILES string of the molecule is N#[N+]c1cc(C(=O)c2ccccc2)ccc1[N+](=O)[O-]. The first-order chi connectivity index (χ1) is 9.13. The lowest BCUT2D eigenvalue weighted by atomic mass is 10.0. The molecule has 0 fully saturated rings. The van der Waals surface area contributed by atoms with Crippen LogP contribution in [0.2, 0.25) is 0 Å². The minimum atomic E-state index is -0.675. The van der Waals surface area contributed by atoms with Gasteiger partial charge in [-0.15, -0.1) is 0 Å². The third kappa shape index (κ3) is 2.45. The average Bonchev–Trinajstić information content (AvgIpc) is 2.46. The number of hydrogen-bond acceptors (Lipinski definition) is 4. The summed E-state index contributed by atoms with van der Waals surface area (Å²) in [5, 5.41) is 19.4. The third-order valence-corrected chi connectivity index (χ3v) is 2.58. The quantitative estimate of drug-likeness (QED) is 0.363. The van der Waals surface area contributed by atoms with Crippen molar-refractivity contribution in [1.29, 1.82) is 5.39 Å². The Balaban J connectivity index is 2.46. The van der Waals surface area contributed by atoms with Gasteiger partial charge in [0.15, 0.2) is 10.8 Å². The van der Waals surface area contributed by atoms with Gasteiger partial charge in [0, 0.05) is 17.2 Å².